The second-order valence-corrected chi connectivity index (χ2v) is 5.06. The summed E-state index contributed by atoms with van der Waals surface area (Å²) in [7, 11) is 0. The van der Waals surface area contributed by atoms with Crippen LogP contribution >= 0.6 is 0 Å². The molecule has 1 aliphatic rings. The summed E-state index contributed by atoms with van der Waals surface area (Å²) < 4.78 is 0. The topological polar surface area (TPSA) is 58.2 Å². The van der Waals surface area contributed by atoms with E-state index in [0.717, 1.165) is 16.9 Å². The fraction of sp³-hybridized carbons (Fsp3) is 0.111. The Bertz CT molecular complexity index is 761. The molecule has 4 nitrogen and oxygen atoms in total. The van der Waals surface area contributed by atoms with Crippen LogP contribution in [0.1, 0.15) is 29.3 Å². The molecule has 1 amide bonds. The van der Waals surface area contributed by atoms with Gasteiger partial charge in [0.15, 0.2) is 5.78 Å². The van der Waals surface area contributed by atoms with Crippen molar-refractivity contribution in [2.24, 2.45) is 0 Å². The van der Waals surface area contributed by atoms with E-state index in [-0.39, 0.29) is 11.7 Å². The number of para-hydroxylation sites is 1. The fourth-order valence-corrected chi connectivity index (χ4v) is 2.39. The molecule has 0 aromatic heterocycles. The van der Waals surface area contributed by atoms with Crippen molar-refractivity contribution in [1.29, 1.82) is 0 Å². The molecule has 110 valence electrons. The van der Waals surface area contributed by atoms with Crippen LogP contribution in [0.25, 0.3) is 5.57 Å². The summed E-state index contributed by atoms with van der Waals surface area (Å²) in [6.45, 7) is 1.84. The Morgan fingerprint density at radius 1 is 1.14 bits per heavy atom. The second-order valence-electron chi connectivity index (χ2n) is 5.06. The van der Waals surface area contributed by atoms with Crippen LogP contribution < -0.4 is 10.6 Å². The molecule has 0 fully saturated rings. The first-order valence-corrected chi connectivity index (χ1v) is 7.19. The molecule has 0 saturated carbocycles. The average molecular weight is 292 g/mol. The summed E-state index contributed by atoms with van der Waals surface area (Å²) in [4.78, 5) is 23.6. The first-order chi connectivity index (χ1) is 10.7. The third-order valence-electron chi connectivity index (χ3n) is 3.62. The Kier molecular flexibility index (Phi) is 3.74. The lowest BCUT2D eigenvalue weighted by atomic mass is 10.1. The summed E-state index contributed by atoms with van der Waals surface area (Å²) in [5.74, 6) is 0.000448. The van der Waals surface area contributed by atoms with Crippen molar-refractivity contribution in [3.63, 3.8) is 0 Å². The van der Waals surface area contributed by atoms with Gasteiger partial charge in [0.1, 0.15) is 0 Å². The molecule has 0 radical (unpaired) electrons. The zero-order valence-corrected chi connectivity index (χ0v) is 12.2. The van der Waals surface area contributed by atoms with Gasteiger partial charge in [0, 0.05) is 35.1 Å². The number of ketones is 1. The SMILES string of the molecule is CCC(=O)c1ccc(N/C=C2\C(=O)Nc3ccccc32)cc1. The number of Topliss-reactive ketones (excluding diaryl/α,β-unsaturated/α-hetero) is 1. The molecule has 0 bridgehead atoms. The number of hydrogen-bond donors (Lipinski definition) is 2. The summed E-state index contributed by atoms with van der Waals surface area (Å²) in [5.41, 5.74) is 3.84. The number of carbonyl (C=O) groups excluding carboxylic acids is 2. The maximum Gasteiger partial charge on any atom is 0.257 e. The number of anilines is 2. The Balaban J connectivity index is 1.80. The summed E-state index contributed by atoms with van der Waals surface area (Å²) in [6.07, 6.45) is 2.19. The predicted octanol–water partition coefficient (Wildman–Crippen LogP) is 3.68. The van der Waals surface area contributed by atoms with E-state index in [2.05, 4.69) is 10.6 Å². The summed E-state index contributed by atoms with van der Waals surface area (Å²) in [5, 5.41) is 5.93. The highest BCUT2D eigenvalue weighted by atomic mass is 16.2. The number of benzene rings is 2. The lowest BCUT2D eigenvalue weighted by Crippen LogP contribution is -2.05. The quantitative estimate of drug-likeness (QED) is 0.667. The lowest BCUT2D eigenvalue weighted by Gasteiger charge is -2.04. The van der Waals surface area contributed by atoms with Gasteiger partial charge < -0.3 is 10.6 Å². The van der Waals surface area contributed by atoms with Gasteiger partial charge in [0.2, 0.25) is 0 Å². The molecule has 2 aromatic rings. The molecular formula is C18H16N2O2. The molecule has 1 aliphatic heterocycles. The molecular weight excluding hydrogens is 276 g/mol. The van der Waals surface area contributed by atoms with Gasteiger partial charge in [-0.3, -0.25) is 9.59 Å². The van der Waals surface area contributed by atoms with E-state index >= 15 is 0 Å². The number of rotatable bonds is 4. The highest BCUT2D eigenvalue weighted by Crippen LogP contribution is 2.31. The number of fused-ring (bicyclic) bond motifs is 1. The number of nitrogens with one attached hydrogen (secondary N) is 2. The number of carbonyl (C=O) groups is 2. The Morgan fingerprint density at radius 3 is 2.59 bits per heavy atom. The van der Waals surface area contributed by atoms with Gasteiger partial charge in [0.05, 0.1) is 5.57 Å². The lowest BCUT2D eigenvalue weighted by molar-refractivity contribution is -0.110. The third kappa shape index (κ3) is 2.63. The third-order valence-corrected chi connectivity index (χ3v) is 3.62. The number of amides is 1. The first kappa shape index (κ1) is 14.1. The van der Waals surface area contributed by atoms with Crippen LogP contribution in [0.4, 0.5) is 11.4 Å². The van der Waals surface area contributed by atoms with Crippen molar-refractivity contribution >= 4 is 28.6 Å². The zero-order valence-electron chi connectivity index (χ0n) is 12.2. The minimum absolute atomic E-state index is 0.119. The molecule has 4 heteroatoms. The van der Waals surface area contributed by atoms with Crippen LogP contribution in [0.15, 0.2) is 54.7 Å². The molecule has 1 heterocycles. The van der Waals surface area contributed by atoms with Crippen LogP contribution in [-0.4, -0.2) is 11.7 Å². The van der Waals surface area contributed by atoms with E-state index in [1.54, 1.807) is 18.3 Å². The maximum atomic E-state index is 12.0. The van der Waals surface area contributed by atoms with E-state index in [9.17, 15) is 9.59 Å². The highest BCUT2D eigenvalue weighted by molar-refractivity contribution is 6.31. The van der Waals surface area contributed by atoms with Gasteiger partial charge in [-0.25, -0.2) is 0 Å². The standard InChI is InChI=1S/C18H16N2O2/c1-2-17(21)12-7-9-13(10-8-12)19-11-15-14-5-3-4-6-16(14)20-18(15)22/h3-11,19H,2H2,1H3,(H,20,22)/b15-11-. The summed E-state index contributed by atoms with van der Waals surface area (Å²) >= 11 is 0. The van der Waals surface area contributed by atoms with Gasteiger partial charge >= 0.3 is 0 Å². The number of hydrogen-bond acceptors (Lipinski definition) is 3. The van der Waals surface area contributed by atoms with Gasteiger partial charge in [-0.1, -0.05) is 25.1 Å². The Labute approximate surface area is 128 Å². The zero-order chi connectivity index (χ0) is 15.5. The molecule has 2 aromatic carbocycles. The van der Waals surface area contributed by atoms with Crippen molar-refractivity contribution < 1.29 is 9.59 Å². The van der Waals surface area contributed by atoms with Crippen LogP contribution in [0, 0.1) is 0 Å². The average Bonchev–Trinajstić information content (AvgIpc) is 2.88. The van der Waals surface area contributed by atoms with Gasteiger partial charge in [-0.15, -0.1) is 0 Å². The monoisotopic (exact) mass is 292 g/mol. The van der Waals surface area contributed by atoms with Gasteiger partial charge in [-0.05, 0) is 30.3 Å². The molecule has 2 N–H and O–H groups in total. The molecule has 0 spiro atoms. The molecule has 0 unspecified atom stereocenters. The summed E-state index contributed by atoms with van der Waals surface area (Å²) in [6, 6.07) is 14.8. The highest BCUT2D eigenvalue weighted by Gasteiger charge is 2.23. The normalized spacial score (nSPS) is 14.6. The minimum Gasteiger partial charge on any atom is -0.361 e. The van der Waals surface area contributed by atoms with E-state index in [1.165, 1.54) is 0 Å². The smallest absolute Gasteiger partial charge is 0.257 e. The van der Waals surface area contributed by atoms with Crippen molar-refractivity contribution in [1.82, 2.24) is 0 Å². The van der Waals surface area contributed by atoms with Gasteiger partial charge in [0.25, 0.3) is 5.91 Å². The molecule has 0 saturated heterocycles. The van der Waals surface area contributed by atoms with Crippen LogP contribution in [0.2, 0.25) is 0 Å². The van der Waals surface area contributed by atoms with E-state index in [4.69, 9.17) is 0 Å². The molecule has 0 aliphatic carbocycles. The first-order valence-electron chi connectivity index (χ1n) is 7.19. The van der Waals surface area contributed by atoms with Crippen molar-refractivity contribution in [3.8, 4) is 0 Å². The largest absolute Gasteiger partial charge is 0.361 e. The molecule has 0 atom stereocenters. The predicted molar refractivity (Wildman–Crippen MR) is 87.7 cm³/mol. The second kappa shape index (κ2) is 5.85. The maximum absolute atomic E-state index is 12.0. The Hall–Kier alpha value is -2.88. The van der Waals surface area contributed by atoms with Crippen molar-refractivity contribution in [2.45, 2.75) is 13.3 Å². The minimum atomic E-state index is -0.119. The van der Waals surface area contributed by atoms with Crippen molar-refractivity contribution in [3.05, 3.63) is 65.9 Å². The Morgan fingerprint density at radius 2 is 1.86 bits per heavy atom. The molecule has 3 rings (SSSR count). The fourth-order valence-electron chi connectivity index (χ4n) is 2.39. The molecule has 22 heavy (non-hydrogen) atoms. The van der Waals surface area contributed by atoms with Crippen LogP contribution in [0.5, 0.6) is 0 Å². The van der Waals surface area contributed by atoms with Crippen molar-refractivity contribution in [2.75, 3.05) is 10.6 Å². The van der Waals surface area contributed by atoms with Crippen LogP contribution in [-0.2, 0) is 4.79 Å². The van der Waals surface area contributed by atoms with Gasteiger partial charge in [-0.2, -0.15) is 0 Å². The van der Waals surface area contributed by atoms with Crippen LogP contribution in [0.3, 0.4) is 0 Å². The van der Waals surface area contributed by atoms with E-state index in [0.29, 0.717) is 17.6 Å². The van der Waals surface area contributed by atoms with E-state index < -0.39 is 0 Å². The van der Waals surface area contributed by atoms with E-state index in [1.807, 2.05) is 43.3 Å².